The maximum Gasteiger partial charge on any atom is 0.138 e. The number of piperazine rings is 2. The first kappa shape index (κ1) is 77.2. The maximum atomic E-state index is 12.8. The minimum Gasteiger partial charge on any atom is -0.355 e. The summed E-state index contributed by atoms with van der Waals surface area (Å²) in [6.07, 6.45) is 31.4. The third-order valence-corrected chi connectivity index (χ3v) is 23.9. The number of piperidine rings is 4. The van der Waals surface area contributed by atoms with Crippen LogP contribution < -0.4 is 31.1 Å². The van der Waals surface area contributed by atoms with E-state index in [2.05, 4.69) is 215 Å². The van der Waals surface area contributed by atoms with Gasteiger partial charge in [-0.15, -0.1) is 0 Å². The van der Waals surface area contributed by atoms with Gasteiger partial charge in [0.05, 0.1) is 105 Å². The van der Waals surface area contributed by atoms with Crippen LogP contribution in [0.3, 0.4) is 0 Å². The van der Waals surface area contributed by atoms with Crippen LogP contribution in [0.25, 0.3) is 45.1 Å². The number of carbonyl (C=O) groups is 2. The molecular formula is C91H99ClN22O2. The fraction of sp³-hybridized carbons (Fsp3) is 0.341. The molecule has 2 unspecified atom stereocenters. The summed E-state index contributed by atoms with van der Waals surface area (Å²) < 4.78 is 8.66. The van der Waals surface area contributed by atoms with Crippen molar-refractivity contribution in [2.24, 2.45) is 0 Å². The molecule has 0 aromatic carbocycles. The third kappa shape index (κ3) is 16.7. The van der Waals surface area contributed by atoms with E-state index in [9.17, 15) is 9.59 Å². The van der Waals surface area contributed by atoms with Crippen molar-refractivity contribution in [1.82, 2.24) is 98.5 Å². The first-order valence-corrected chi connectivity index (χ1v) is 41.2. The molecule has 6 aliphatic heterocycles. The Kier molecular flexibility index (Phi) is 23.3. The largest absolute Gasteiger partial charge is 0.355 e. The molecule has 0 bridgehead atoms. The van der Waals surface area contributed by atoms with Gasteiger partial charge >= 0.3 is 0 Å². The van der Waals surface area contributed by atoms with Gasteiger partial charge in [-0.25, -0.2) is 19.9 Å². The summed E-state index contributed by atoms with van der Waals surface area (Å²) in [7, 11) is 4.32. The third-order valence-electron chi connectivity index (χ3n) is 23.6. The summed E-state index contributed by atoms with van der Waals surface area (Å²) in [6.45, 7) is 14.3. The van der Waals surface area contributed by atoms with E-state index >= 15 is 0 Å². The van der Waals surface area contributed by atoms with Gasteiger partial charge in [0.25, 0.3) is 0 Å². The van der Waals surface area contributed by atoms with Gasteiger partial charge in [0.15, 0.2) is 0 Å². The summed E-state index contributed by atoms with van der Waals surface area (Å²) in [5, 5.41) is 15.5. The highest BCUT2D eigenvalue weighted by Crippen LogP contribution is 2.42. The number of Topliss-reactive ketones (excluding diaryl/α,β-unsaturated/α-hetero) is 2. The predicted molar refractivity (Wildman–Crippen MR) is 453 cm³/mol. The molecule has 592 valence electrons. The Balaban J connectivity index is 0.000000111. The van der Waals surface area contributed by atoms with E-state index in [0.717, 1.165) is 199 Å². The molecule has 24 nitrogen and oxygen atoms in total. The van der Waals surface area contributed by atoms with Crippen LogP contribution in [-0.4, -0.2) is 155 Å². The van der Waals surface area contributed by atoms with E-state index in [-0.39, 0.29) is 59.9 Å². The Labute approximate surface area is 681 Å². The number of aromatic nitrogens is 14. The number of imidazole rings is 4. The predicted octanol–water partition coefficient (Wildman–Crippen LogP) is 14.7. The summed E-state index contributed by atoms with van der Waals surface area (Å²) >= 11 is 6.34. The van der Waals surface area contributed by atoms with Crippen molar-refractivity contribution in [3.8, 4) is 22.5 Å². The summed E-state index contributed by atoms with van der Waals surface area (Å²) in [5.41, 5.74) is 19.9. The number of ketones is 2. The van der Waals surface area contributed by atoms with Crippen molar-refractivity contribution >= 4 is 57.4 Å². The lowest BCUT2D eigenvalue weighted by atomic mass is 9.91. The molecule has 25 heteroatoms. The topological polar surface area (TPSA) is 242 Å². The van der Waals surface area contributed by atoms with Crippen molar-refractivity contribution in [2.45, 2.75) is 133 Å². The highest BCUT2D eigenvalue weighted by molar-refractivity contribution is 6.31. The van der Waals surface area contributed by atoms with Crippen LogP contribution in [0.15, 0.2) is 220 Å². The molecule has 14 aromatic rings. The minimum absolute atomic E-state index is 0.0809. The van der Waals surface area contributed by atoms with Gasteiger partial charge in [-0.05, 0) is 193 Å². The monoisotopic (exact) mass is 1570 g/mol. The van der Waals surface area contributed by atoms with E-state index < -0.39 is 0 Å². The van der Waals surface area contributed by atoms with Gasteiger partial charge in [0.2, 0.25) is 0 Å². The van der Waals surface area contributed by atoms with Crippen molar-refractivity contribution in [3.05, 3.63) is 287 Å². The van der Waals surface area contributed by atoms with Crippen molar-refractivity contribution < 1.29 is 9.59 Å². The Morgan fingerprint density at radius 1 is 0.362 bits per heavy atom. The Morgan fingerprint density at radius 2 is 0.793 bits per heavy atom. The molecule has 0 radical (unpaired) electrons. The number of pyridine rings is 10. The molecule has 4 N–H and O–H groups in total. The van der Waals surface area contributed by atoms with Gasteiger partial charge in [0, 0.05) is 164 Å². The number of hydrogen-bond acceptors (Lipinski definition) is 20. The standard InChI is InChI=1S/C23H28N6O.2C23H23N5.C22H25ClN6O/c1-16-6-5-8-24-21(16)18-14-17(30)15-19(25-18)22-23(28-12-10-27(2)11-13-28)29-9-4-3-7-20(29)26-22;1-16-7-5-13-25-21(16)18-9-4-10-19(26-18)22-23(17-8-6-12-24-15-17)28-14-3-2-11-20(28)27-22;1-16-6-5-12-25-21(16)18-7-4-8-19(26-18)22-23(17-10-13-24-14-11-17)28-15-3-2-9-20(28)27-22;1-27-8-10-28(11-9-27)21-6-2-5-20-26-19(14-29(20)21)17-12-15(30)13-18(25-17)22-16(23)4-3-7-24-22/h3-9,18-19,25H,10-15H2,1-2H3;2-3,5-8,11-15,18-19,26H,4,9-10H2,1H3;2-3,5-6,9-15,18-19,26H,4,7-8H2,1H3;2-7,14,17-18,25H,8-13H2,1H3/t;2*18-,19+;17-,18+/m.011/s1. The Hall–Kier alpha value is -11.4. The summed E-state index contributed by atoms with van der Waals surface area (Å²) in [6, 6.07) is 49.0. The lowest BCUT2D eigenvalue weighted by Gasteiger charge is -2.36. The smallest absolute Gasteiger partial charge is 0.138 e. The van der Waals surface area contributed by atoms with Gasteiger partial charge in [-0.2, -0.15) is 0 Å². The van der Waals surface area contributed by atoms with E-state index in [1.165, 1.54) is 11.1 Å². The number of nitrogens with one attached hydrogen (secondary N) is 4. The van der Waals surface area contributed by atoms with E-state index in [4.69, 9.17) is 31.5 Å². The second-order valence-corrected chi connectivity index (χ2v) is 31.9. The zero-order valence-corrected chi connectivity index (χ0v) is 67.1. The normalized spacial score (nSPS) is 21.6. The molecule has 8 atom stereocenters. The van der Waals surface area contributed by atoms with Crippen LogP contribution >= 0.6 is 11.6 Å². The molecule has 20 rings (SSSR count). The number of fused-ring (bicyclic) bond motifs is 4. The number of carbonyl (C=O) groups excluding carboxylic acids is 2. The molecule has 0 spiro atoms. The van der Waals surface area contributed by atoms with Crippen molar-refractivity contribution in [2.75, 3.05) is 76.3 Å². The number of halogens is 1. The van der Waals surface area contributed by atoms with Gasteiger partial charge in [0.1, 0.15) is 51.5 Å². The number of anilines is 2. The fourth-order valence-electron chi connectivity index (χ4n) is 17.6. The maximum absolute atomic E-state index is 12.8. The number of nitrogens with zero attached hydrogens (tertiary/aromatic N) is 18. The average Bonchev–Trinajstić information content (AvgIpc) is 1.63. The molecule has 0 saturated carbocycles. The molecule has 0 amide bonds. The number of likely N-dealkylation sites (N-methyl/N-ethyl adjacent to an activating group) is 2. The van der Waals surface area contributed by atoms with E-state index in [1.54, 1.807) is 18.5 Å². The second kappa shape index (κ2) is 35.0. The summed E-state index contributed by atoms with van der Waals surface area (Å²) in [5.74, 6) is 2.71. The quantitative estimate of drug-likeness (QED) is 0.0888. The zero-order chi connectivity index (χ0) is 79.2. The SMILES string of the molecule is CN1CCN(c2cccc3nc([C@H]4CC(=O)C[C@@H](c5ncccc5Cl)N4)cn23)CC1.Cc1cccnc1C1CC(=O)CC(c2nc3ccccn3c2N2CCN(C)CC2)N1.Cc1cccnc1[C@@H]1CCC[C@H](c2nc3ccccn3c2-c2cccnc2)N1.Cc1cccnc1[C@H]1CCC[C@@H](c2nc3ccccn3c2-c2ccncc2)N1. The molecule has 6 aliphatic rings. The lowest BCUT2D eigenvalue weighted by molar-refractivity contribution is -0.122. The number of hydrogen-bond donors (Lipinski definition) is 4. The molecular weight excluding hydrogens is 1470 g/mol. The lowest BCUT2D eigenvalue weighted by Crippen LogP contribution is -2.46. The molecule has 20 heterocycles. The highest BCUT2D eigenvalue weighted by Gasteiger charge is 2.38. The molecule has 116 heavy (non-hydrogen) atoms. The molecule has 6 saturated heterocycles. The van der Waals surface area contributed by atoms with Crippen LogP contribution in [0.1, 0.15) is 175 Å². The van der Waals surface area contributed by atoms with Gasteiger partial charge in [-0.3, -0.25) is 67.7 Å². The van der Waals surface area contributed by atoms with Crippen molar-refractivity contribution in [3.63, 3.8) is 0 Å². The first-order valence-electron chi connectivity index (χ1n) is 40.8. The Bertz CT molecular complexity index is 5570. The fourth-order valence-corrected chi connectivity index (χ4v) is 17.9. The number of aryl methyl sites for hydroxylation is 3. The second-order valence-electron chi connectivity index (χ2n) is 31.5. The van der Waals surface area contributed by atoms with Gasteiger partial charge in [-0.1, -0.05) is 54.1 Å². The minimum atomic E-state index is -0.202. The number of rotatable bonds is 12. The first-order chi connectivity index (χ1) is 56.8. The van der Waals surface area contributed by atoms with Crippen LogP contribution in [-0.2, 0) is 9.59 Å². The van der Waals surface area contributed by atoms with Gasteiger partial charge < -0.3 is 30.2 Å². The zero-order valence-electron chi connectivity index (χ0n) is 66.4. The van der Waals surface area contributed by atoms with Crippen LogP contribution in [0.2, 0.25) is 5.02 Å². The van der Waals surface area contributed by atoms with Crippen LogP contribution in [0.4, 0.5) is 11.6 Å². The van der Waals surface area contributed by atoms with E-state index in [0.29, 0.717) is 30.7 Å². The highest BCUT2D eigenvalue weighted by atomic mass is 35.5. The molecule has 6 fully saturated rings. The van der Waals surface area contributed by atoms with Crippen LogP contribution in [0, 0.1) is 20.8 Å². The average molecular weight is 1570 g/mol. The van der Waals surface area contributed by atoms with Crippen molar-refractivity contribution in [1.29, 1.82) is 0 Å². The Morgan fingerprint density at radius 3 is 1.34 bits per heavy atom. The van der Waals surface area contributed by atoms with Crippen LogP contribution in [0.5, 0.6) is 0 Å². The van der Waals surface area contributed by atoms with E-state index in [1.807, 2.05) is 110 Å². The summed E-state index contributed by atoms with van der Waals surface area (Å²) in [4.78, 5) is 81.5. The molecule has 0 aliphatic carbocycles. The molecule has 14 aromatic heterocycles.